The molecule has 1 aromatic rings. The van der Waals surface area contributed by atoms with Gasteiger partial charge < -0.3 is 14.2 Å². The van der Waals surface area contributed by atoms with Gasteiger partial charge in [-0.3, -0.25) is 4.90 Å². The maximum Gasteiger partial charge on any atom is 0.161 e. The second-order valence-electron chi connectivity index (χ2n) is 5.81. The lowest BCUT2D eigenvalue weighted by Crippen LogP contribution is -2.44. The van der Waals surface area contributed by atoms with Crippen molar-refractivity contribution in [1.82, 2.24) is 4.90 Å². The van der Waals surface area contributed by atoms with Gasteiger partial charge in [-0.1, -0.05) is 19.9 Å². The molecule has 0 spiro atoms. The van der Waals surface area contributed by atoms with Crippen molar-refractivity contribution in [2.75, 3.05) is 33.4 Å². The molecule has 2 rings (SSSR count). The normalized spacial score (nSPS) is 19.8. The molecule has 0 N–H and O–H groups in total. The van der Waals surface area contributed by atoms with Crippen LogP contribution in [0, 0.1) is 5.92 Å². The summed E-state index contributed by atoms with van der Waals surface area (Å²) in [4.78, 5) is 2.45. The minimum absolute atomic E-state index is 0.336. The molecule has 1 saturated heterocycles. The van der Waals surface area contributed by atoms with Gasteiger partial charge in [-0.25, -0.2) is 0 Å². The van der Waals surface area contributed by atoms with Crippen molar-refractivity contribution in [2.24, 2.45) is 5.92 Å². The lowest BCUT2D eigenvalue weighted by molar-refractivity contribution is -0.0529. The van der Waals surface area contributed by atoms with Crippen LogP contribution in [0.25, 0.3) is 0 Å². The maximum atomic E-state index is 5.82. The van der Waals surface area contributed by atoms with E-state index in [4.69, 9.17) is 14.2 Å². The van der Waals surface area contributed by atoms with Crippen molar-refractivity contribution in [3.05, 3.63) is 23.8 Å². The third-order valence-corrected chi connectivity index (χ3v) is 3.86. The monoisotopic (exact) mass is 293 g/mol. The maximum absolute atomic E-state index is 5.82. The summed E-state index contributed by atoms with van der Waals surface area (Å²) in [7, 11) is 1.69. The summed E-state index contributed by atoms with van der Waals surface area (Å²) in [6.07, 6.45) is 0.336. The first kappa shape index (κ1) is 16.1. The van der Waals surface area contributed by atoms with E-state index in [9.17, 15) is 0 Å². The Hall–Kier alpha value is -1.26. The van der Waals surface area contributed by atoms with Crippen LogP contribution in [0.2, 0.25) is 0 Å². The zero-order valence-electron chi connectivity index (χ0n) is 13.6. The van der Waals surface area contributed by atoms with Gasteiger partial charge in [0.05, 0.1) is 26.4 Å². The highest BCUT2D eigenvalue weighted by molar-refractivity contribution is 5.42. The van der Waals surface area contributed by atoms with Gasteiger partial charge in [0.25, 0.3) is 0 Å². The second-order valence-corrected chi connectivity index (χ2v) is 5.81. The third-order valence-electron chi connectivity index (χ3n) is 3.86. The summed E-state index contributed by atoms with van der Waals surface area (Å²) >= 11 is 0. The van der Waals surface area contributed by atoms with E-state index in [0.29, 0.717) is 18.6 Å². The van der Waals surface area contributed by atoms with Gasteiger partial charge in [0.15, 0.2) is 11.5 Å². The number of benzene rings is 1. The number of ether oxygens (including phenoxy) is 3. The van der Waals surface area contributed by atoms with E-state index in [1.807, 2.05) is 13.0 Å². The summed E-state index contributed by atoms with van der Waals surface area (Å²) in [5.41, 5.74) is 1.25. The summed E-state index contributed by atoms with van der Waals surface area (Å²) in [5.74, 6) is 2.18. The minimum Gasteiger partial charge on any atom is -0.493 e. The molecule has 0 amide bonds. The van der Waals surface area contributed by atoms with E-state index >= 15 is 0 Å². The Morgan fingerprint density at radius 2 is 2.14 bits per heavy atom. The van der Waals surface area contributed by atoms with Crippen LogP contribution in [0.15, 0.2) is 18.2 Å². The zero-order valence-corrected chi connectivity index (χ0v) is 13.6. The second kappa shape index (κ2) is 7.66. The van der Waals surface area contributed by atoms with Crippen LogP contribution in [0.1, 0.15) is 26.3 Å². The highest BCUT2D eigenvalue weighted by atomic mass is 16.5. The predicted molar refractivity (Wildman–Crippen MR) is 84.0 cm³/mol. The average Bonchev–Trinajstić information content (AvgIpc) is 2.49. The van der Waals surface area contributed by atoms with Gasteiger partial charge in [0.1, 0.15) is 0 Å². The van der Waals surface area contributed by atoms with Crippen LogP contribution in [0.3, 0.4) is 0 Å². The number of hydrogen-bond acceptors (Lipinski definition) is 4. The van der Waals surface area contributed by atoms with Crippen LogP contribution in [0.4, 0.5) is 0 Å². The molecule has 0 aromatic heterocycles. The average molecular weight is 293 g/mol. The summed E-state index contributed by atoms with van der Waals surface area (Å²) in [5, 5.41) is 0. The van der Waals surface area contributed by atoms with Crippen molar-refractivity contribution in [3.63, 3.8) is 0 Å². The number of nitrogens with zero attached hydrogens (tertiary/aromatic N) is 1. The molecule has 4 nitrogen and oxygen atoms in total. The van der Waals surface area contributed by atoms with Gasteiger partial charge in [-0.05, 0) is 30.5 Å². The Morgan fingerprint density at radius 3 is 2.81 bits per heavy atom. The molecule has 0 aliphatic carbocycles. The first-order chi connectivity index (χ1) is 10.1. The molecule has 0 radical (unpaired) electrons. The topological polar surface area (TPSA) is 30.9 Å². The van der Waals surface area contributed by atoms with Crippen LogP contribution >= 0.6 is 0 Å². The van der Waals surface area contributed by atoms with Crippen LogP contribution in [-0.4, -0.2) is 44.4 Å². The van der Waals surface area contributed by atoms with E-state index in [1.165, 1.54) is 5.56 Å². The van der Waals surface area contributed by atoms with Crippen molar-refractivity contribution in [2.45, 2.75) is 33.4 Å². The molecule has 0 unspecified atom stereocenters. The van der Waals surface area contributed by atoms with Crippen molar-refractivity contribution in [3.8, 4) is 11.5 Å². The van der Waals surface area contributed by atoms with Crippen LogP contribution in [0.5, 0.6) is 11.5 Å². The predicted octanol–water partition coefficient (Wildman–Crippen LogP) is 2.95. The van der Waals surface area contributed by atoms with Gasteiger partial charge in [-0.2, -0.15) is 0 Å². The smallest absolute Gasteiger partial charge is 0.161 e. The van der Waals surface area contributed by atoms with Crippen LogP contribution in [-0.2, 0) is 11.3 Å². The van der Waals surface area contributed by atoms with E-state index in [-0.39, 0.29) is 0 Å². The highest BCUT2D eigenvalue weighted by Gasteiger charge is 2.23. The fraction of sp³-hybridized carbons (Fsp3) is 0.647. The van der Waals surface area contributed by atoms with E-state index in [2.05, 4.69) is 30.9 Å². The molecular formula is C17H27NO3. The third kappa shape index (κ3) is 4.35. The molecule has 1 aliphatic rings. The summed E-state index contributed by atoms with van der Waals surface area (Å²) in [6.45, 7) is 10.8. The molecular weight excluding hydrogens is 266 g/mol. The first-order valence-electron chi connectivity index (χ1n) is 7.77. The fourth-order valence-corrected chi connectivity index (χ4v) is 2.62. The molecule has 0 saturated carbocycles. The van der Waals surface area contributed by atoms with Gasteiger partial charge >= 0.3 is 0 Å². The molecule has 21 heavy (non-hydrogen) atoms. The van der Waals surface area contributed by atoms with E-state index in [0.717, 1.165) is 37.7 Å². The molecule has 4 heteroatoms. The van der Waals surface area contributed by atoms with Crippen LogP contribution < -0.4 is 9.47 Å². The lowest BCUT2D eigenvalue weighted by Gasteiger charge is -2.35. The van der Waals surface area contributed by atoms with E-state index in [1.54, 1.807) is 7.11 Å². The summed E-state index contributed by atoms with van der Waals surface area (Å²) < 4.78 is 16.8. The molecule has 1 aromatic carbocycles. The lowest BCUT2D eigenvalue weighted by atomic mass is 10.1. The minimum atomic E-state index is 0.336. The summed E-state index contributed by atoms with van der Waals surface area (Å²) in [6, 6.07) is 6.19. The molecule has 118 valence electrons. The largest absolute Gasteiger partial charge is 0.493 e. The quantitative estimate of drug-likeness (QED) is 0.807. The number of methoxy groups -OCH3 is 1. The molecule has 1 aliphatic heterocycles. The van der Waals surface area contributed by atoms with Gasteiger partial charge in [0, 0.05) is 19.6 Å². The Balaban J connectivity index is 2.02. The van der Waals surface area contributed by atoms with E-state index < -0.39 is 0 Å². The highest BCUT2D eigenvalue weighted by Crippen LogP contribution is 2.28. The van der Waals surface area contributed by atoms with Gasteiger partial charge in [-0.15, -0.1) is 0 Å². The number of rotatable bonds is 6. The zero-order chi connectivity index (χ0) is 15.2. The van der Waals surface area contributed by atoms with Crippen molar-refractivity contribution < 1.29 is 14.2 Å². The Bertz CT molecular complexity index is 448. The molecule has 1 fully saturated rings. The number of hydrogen-bond donors (Lipinski definition) is 0. The molecule has 0 bridgehead atoms. The Morgan fingerprint density at radius 1 is 1.33 bits per heavy atom. The Labute approximate surface area is 128 Å². The van der Waals surface area contributed by atoms with Crippen molar-refractivity contribution in [1.29, 1.82) is 0 Å². The molecule has 1 heterocycles. The first-order valence-corrected chi connectivity index (χ1v) is 7.77. The Kier molecular flexibility index (Phi) is 5.88. The SMILES string of the molecule is CCOc1ccc(CN2CCO[C@H](C(C)C)C2)cc1OC. The van der Waals surface area contributed by atoms with Gasteiger partial charge in [0.2, 0.25) is 0 Å². The standard InChI is InChI=1S/C17H27NO3/c1-5-20-15-7-6-14(10-16(15)19-4)11-18-8-9-21-17(12-18)13(2)3/h6-7,10,13,17H,5,8-9,11-12H2,1-4H3/t17-/m0/s1. The van der Waals surface area contributed by atoms with Crippen molar-refractivity contribution >= 4 is 0 Å². The fourth-order valence-electron chi connectivity index (χ4n) is 2.62. The number of morpholine rings is 1. The molecule has 1 atom stereocenters.